The number of hydrogen-bond acceptors (Lipinski definition) is 3. The highest BCUT2D eigenvalue weighted by molar-refractivity contribution is 5.77. The first kappa shape index (κ1) is 18.0. The maximum atomic E-state index is 12.6. The molecule has 4 nitrogen and oxygen atoms in total. The average molecular weight is 318 g/mol. The fraction of sp³-hybridized carbons (Fsp3) is 0.632. The molecule has 128 valence electrons. The summed E-state index contributed by atoms with van der Waals surface area (Å²) in [6, 6.07) is 8.78. The van der Waals surface area contributed by atoms with Crippen molar-refractivity contribution in [3.05, 3.63) is 35.4 Å². The molecule has 1 unspecified atom stereocenters. The maximum Gasteiger partial charge on any atom is 0.225 e. The average Bonchev–Trinajstić information content (AvgIpc) is 2.58. The van der Waals surface area contributed by atoms with E-state index < -0.39 is 0 Å². The van der Waals surface area contributed by atoms with Crippen molar-refractivity contribution in [3.63, 3.8) is 0 Å². The first-order chi connectivity index (χ1) is 11.1. The molecule has 0 aliphatic carbocycles. The van der Waals surface area contributed by atoms with Gasteiger partial charge in [0.05, 0.1) is 19.1 Å². The Morgan fingerprint density at radius 3 is 2.74 bits per heavy atom. The van der Waals surface area contributed by atoms with E-state index in [2.05, 4.69) is 50.4 Å². The zero-order valence-corrected chi connectivity index (χ0v) is 14.7. The number of piperazine rings is 1. The van der Waals surface area contributed by atoms with Crippen molar-refractivity contribution in [2.45, 2.75) is 39.7 Å². The third-order valence-electron chi connectivity index (χ3n) is 4.25. The number of hydrogen-bond donors (Lipinski definition) is 1. The largest absolute Gasteiger partial charge is 0.381 e. The van der Waals surface area contributed by atoms with Gasteiger partial charge in [0.1, 0.15) is 0 Å². The Bertz CT molecular complexity index is 485. The summed E-state index contributed by atoms with van der Waals surface area (Å²) in [4.78, 5) is 14.6. The van der Waals surface area contributed by atoms with E-state index in [0.29, 0.717) is 18.9 Å². The van der Waals surface area contributed by atoms with Crippen molar-refractivity contribution in [1.82, 2.24) is 10.2 Å². The Hall–Kier alpha value is -1.39. The summed E-state index contributed by atoms with van der Waals surface area (Å²) >= 11 is 0. The second-order valence-corrected chi connectivity index (χ2v) is 6.62. The van der Waals surface area contributed by atoms with E-state index in [0.717, 1.165) is 32.7 Å². The van der Waals surface area contributed by atoms with Crippen LogP contribution in [0.15, 0.2) is 24.3 Å². The van der Waals surface area contributed by atoms with Crippen molar-refractivity contribution in [3.8, 4) is 0 Å². The highest BCUT2D eigenvalue weighted by Gasteiger charge is 2.27. The second kappa shape index (κ2) is 9.04. The molecule has 1 saturated heterocycles. The topological polar surface area (TPSA) is 41.6 Å². The van der Waals surface area contributed by atoms with Crippen molar-refractivity contribution >= 4 is 5.91 Å². The lowest BCUT2D eigenvalue weighted by molar-refractivity contribution is -0.135. The molecule has 23 heavy (non-hydrogen) atoms. The maximum absolute atomic E-state index is 12.6. The van der Waals surface area contributed by atoms with E-state index in [-0.39, 0.29) is 11.9 Å². The molecular weight excluding hydrogens is 288 g/mol. The zero-order chi connectivity index (χ0) is 16.7. The molecule has 1 aromatic carbocycles. The van der Waals surface area contributed by atoms with Crippen LogP contribution in [0, 0.1) is 5.92 Å². The lowest BCUT2D eigenvalue weighted by Gasteiger charge is -2.36. The van der Waals surface area contributed by atoms with Crippen molar-refractivity contribution in [2.75, 3.05) is 32.8 Å². The summed E-state index contributed by atoms with van der Waals surface area (Å²) < 4.78 is 5.56. The van der Waals surface area contributed by atoms with Gasteiger partial charge in [0, 0.05) is 26.2 Å². The smallest absolute Gasteiger partial charge is 0.225 e. The van der Waals surface area contributed by atoms with Gasteiger partial charge < -0.3 is 15.0 Å². The summed E-state index contributed by atoms with van der Waals surface area (Å²) in [6.45, 7) is 10.1. The molecular formula is C19H30N2O2. The highest BCUT2D eigenvalue weighted by atomic mass is 16.5. The van der Waals surface area contributed by atoms with E-state index in [4.69, 9.17) is 4.74 Å². The molecule has 1 amide bonds. The minimum atomic E-state index is 0.132. The van der Waals surface area contributed by atoms with E-state index >= 15 is 0 Å². The van der Waals surface area contributed by atoms with Gasteiger partial charge in [-0.1, -0.05) is 45.0 Å². The fourth-order valence-electron chi connectivity index (χ4n) is 2.90. The minimum Gasteiger partial charge on any atom is -0.381 e. The summed E-state index contributed by atoms with van der Waals surface area (Å²) in [5.74, 6) is 0.703. The van der Waals surface area contributed by atoms with Crippen LogP contribution in [0.2, 0.25) is 0 Å². The fourth-order valence-corrected chi connectivity index (χ4v) is 2.90. The normalized spacial score (nSPS) is 18.4. The molecule has 1 aliphatic heterocycles. The Labute approximate surface area is 140 Å². The Kier molecular flexibility index (Phi) is 7.06. The number of nitrogens with zero attached hydrogens (tertiary/aromatic N) is 1. The molecule has 1 aliphatic rings. The summed E-state index contributed by atoms with van der Waals surface area (Å²) in [7, 11) is 0. The number of benzene rings is 1. The number of aryl methyl sites for hydroxylation is 1. The van der Waals surface area contributed by atoms with Crippen LogP contribution in [0.3, 0.4) is 0 Å². The van der Waals surface area contributed by atoms with E-state index in [1.807, 2.05) is 4.90 Å². The first-order valence-corrected chi connectivity index (χ1v) is 8.78. The molecule has 0 saturated carbocycles. The van der Waals surface area contributed by atoms with Crippen LogP contribution in [-0.2, 0) is 16.0 Å². The predicted molar refractivity (Wildman–Crippen MR) is 93.4 cm³/mol. The summed E-state index contributed by atoms with van der Waals surface area (Å²) in [6.07, 6.45) is 1.51. The van der Waals surface area contributed by atoms with Gasteiger partial charge in [0.15, 0.2) is 0 Å². The molecule has 1 fully saturated rings. The number of nitrogens with one attached hydrogen (secondary N) is 1. The Balaban J connectivity index is 1.95. The number of amides is 1. The van der Waals surface area contributed by atoms with Gasteiger partial charge in [-0.2, -0.15) is 0 Å². The molecule has 0 radical (unpaired) electrons. The van der Waals surface area contributed by atoms with E-state index in [1.54, 1.807) is 0 Å². The molecule has 1 aromatic rings. The second-order valence-electron chi connectivity index (χ2n) is 6.62. The lowest BCUT2D eigenvalue weighted by Crippen LogP contribution is -2.48. The van der Waals surface area contributed by atoms with Crippen LogP contribution in [0.4, 0.5) is 0 Å². The number of ether oxygens (including phenoxy) is 1. The van der Waals surface area contributed by atoms with Crippen molar-refractivity contribution < 1.29 is 9.53 Å². The van der Waals surface area contributed by atoms with Crippen molar-refractivity contribution in [2.24, 2.45) is 5.92 Å². The molecule has 4 heteroatoms. The molecule has 0 spiro atoms. The standard InChI is InChI=1S/C19H30N2O2/c1-4-16-5-7-17(8-6-16)18-13-20-10-11-21(18)19(22)9-12-23-14-15(2)3/h5-8,15,18,20H,4,9-14H2,1-3H3. The first-order valence-electron chi connectivity index (χ1n) is 8.78. The predicted octanol–water partition coefficient (Wildman–Crippen LogP) is 2.78. The molecule has 1 N–H and O–H groups in total. The quantitative estimate of drug-likeness (QED) is 0.786. The van der Waals surface area contributed by atoms with Gasteiger partial charge in [-0.05, 0) is 23.5 Å². The van der Waals surface area contributed by atoms with Gasteiger partial charge in [-0.15, -0.1) is 0 Å². The summed E-state index contributed by atoms with van der Waals surface area (Å²) in [5, 5.41) is 3.40. The molecule has 2 rings (SSSR count). The monoisotopic (exact) mass is 318 g/mol. The van der Waals surface area contributed by atoms with Gasteiger partial charge in [0.2, 0.25) is 5.91 Å². The highest BCUT2D eigenvalue weighted by Crippen LogP contribution is 2.23. The Morgan fingerprint density at radius 1 is 1.35 bits per heavy atom. The van der Waals surface area contributed by atoms with Crippen LogP contribution < -0.4 is 5.32 Å². The van der Waals surface area contributed by atoms with Crippen LogP contribution >= 0.6 is 0 Å². The number of carbonyl (C=O) groups is 1. The van der Waals surface area contributed by atoms with Crippen LogP contribution in [0.1, 0.15) is 44.4 Å². The van der Waals surface area contributed by atoms with E-state index in [9.17, 15) is 4.79 Å². The minimum absolute atomic E-state index is 0.132. The SMILES string of the molecule is CCc1ccc(C2CNCCN2C(=O)CCOCC(C)C)cc1. The van der Waals surface area contributed by atoms with Gasteiger partial charge in [-0.25, -0.2) is 0 Å². The third kappa shape index (κ3) is 5.33. The molecule has 0 aromatic heterocycles. The van der Waals surface area contributed by atoms with Gasteiger partial charge >= 0.3 is 0 Å². The third-order valence-corrected chi connectivity index (χ3v) is 4.25. The summed E-state index contributed by atoms with van der Waals surface area (Å²) in [5.41, 5.74) is 2.54. The van der Waals surface area contributed by atoms with Crippen LogP contribution in [-0.4, -0.2) is 43.7 Å². The van der Waals surface area contributed by atoms with Crippen LogP contribution in [0.5, 0.6) is 0 Å². The van der Waals surface area contributed by atoms with E-state index in [1.165, 1.54) is 11.1 Å². The van der Waals surface area contributed by atoms with Gasteiger partial charge in [0.25, 0.3) is 0 Å². The van der Waals surface area contributed by atoms with Crippen molar-refractivity contribution in [1.29, 1.82) is 0 Å². The number of rotatable bonds is 7. The van der Waals surface area contributed by atoms with Gasteiger partial charge in [-0.3, -0.25) is 4.79 Å². The lowest BCUT2D eigenvalue weighted by atomic mass is 10.0. The molecule has 1 heterocycles. The zero-order valence-electron chi connectivity index (χ0n) is 14.7. The molecule has 1 atom stereocenters. The Morgan fingerprint density at radius 2 is 2.09 bits per heavy atom. The number of carbonyl (C=O) groups excluding carboxylic acids is 1. The van der Waals surface area contributed by atoms with Crippen LogP contribution in [0.25, 0.3) is 0 Å². The molecule has 0 bridgehead atoms.